The Kier molecular flexibility index (Phi) is 3.85. The fourth-order valence-corrected chi connectivity index (χ4v) is 2.00. The Morgan fingerprint density at radius 1 is 1.42 bits per heavy atom. The van der Waals surface area contributed by atoms with Crippen molar-refractivity contribution < 1.29 is 14.3 Å². The first kappa shape index (κ1) is 13.1. The van der Waals surface area contributed by atoms with Crippen LogP contribution in [0.1, 0.15) is 17.3 Å². The number of carbonyl (C=O) groups is 1. The predicted molar refractivity (Wildman–Crippen MR) is 73.8 cm³/mol. The van der Waals surface area contributed by atoms with Gasteiger partial charge in [0.2, 0.25) is 0 Å². The quantitative estimate of drug-likeness (QED) is 0.856. The number of rotatable bonds is 4. The van der Waals surface area contributed by atoms with Crippen molar-refractivity contribution in [1.29, 1.82) is 0 Å². The molecule has 19 heavy (non-hydrogen) atoms. The van der Waals surface area contributed by atoms with Gasteiger partial charge >= 0.3 is 5.97 Å². The molecule has 0 aliphatic heterocycles. The van der Waals surface area contributed by atoms with Crippen molar-refractivity contribution in [3.05, 3.63) is 30.0 Å². The molecule has 1 aromatic carbocycles. The molecule has 100 valence electrons. The van der Waals surface area contributed by atoms with Crippen LogP contribution in [-0.4, -0.2) is 31.7 Å². The van der Waals surface area contributed by atoms with E-state index in [9.17, 15) is 4.79 Å². The van der Waals surface area contributed by atoms with Crippen LogP contribution in [0, 0.1) is 0 Å². The lowest BCUT2D eigenvalue weighted by molar-refractivity contribution is 0.0601. The maximum Gasteiger partial charge on any atom is 0.341 e. The Morgan fingerprint density at radius 2 is 2.21 bits per heavy atom. The molecule has 0 amide bonds. The van der Waals surface area contributed by atoms with Crippen LogP contribution in [0.4, 0.5) is 5.69 Å². The molecule has 1 aromatic heterocycles. The van der Waals surface area contributed by atoms with Crippen LogP contribution < -0.4 is 10.1 Å². The molecule has 0 unspecified atom stereocenters. The van der Waals surface area contributed by atoms with Gasteiger partial charge in [0.25, 0.3) is 0 Å². The highest BCUT2D eigenvalue weighted by molar-refractivity contribution is 6.06. The van der Waals surface area contributed by atoms with E-state index < -0.39 is 5.97 Å². The van der Waals surface area contributed by atoms with E-state index in [1.165, 1.54) is 13.3 Å². The maximum absolute atomic E-state index is 11.7. The minimum Gasteiger partial charge on any atom is -0.492 e. The molecule has 0 radical (unpaired) electrons. The molecule has 1 N–H and O–H groups in total. The Bertz CT molecular complexity index is 611. The number of pyridine rings is 1. The molecule has 2 aromatic rings. The van der Waals surface area contributed by atoms with Crippen LogP contribution in [0.3, 0.4) is 0 Å². The van der Waals surface area contributed by atoms with Gasteiger partial charge in [-0.25, -0.2) is 4.79 Å². The summed E-state index contributed by atoms with van der Waals surface area (Å²) >= 11 is 0. The second-order valence-electron chi connectivity index (χ2n) is 3.87. The van der Waals surface area contributed by atoms with Gasteiger partial charge in [0.15, 0.2) is 0 Å². The Morgan fingerprint density at radius 3 is 2.84 bits per heavy atom. The highest BCUT2D eigenvalue weighted by Crippen LogP contribution is 2.31. The third-order valence-corrected chi connectivity index (χ3v) is 2.82. The largest absolute Gasteiger partial charge is 0.492 e. The minimum absolute atomic E-state index is 0.408. The summed E-state index contributed by atoms with van der Waals surface area (Å²) in [7, 11) is 3.11. The lowest BCUT2D eigenvalue weighted by atomic mass is 10.1. The Hall–Kier alpha value is -2.30. The maximum atomic E-state index is 11.7. The van der Waals surface area contributed by atoms with Crippen molar-refractivity contribution in [1.82, 2.24) is 4.98 Å². The number of nitrogens with zero attached hydrogens (tertiary/aromatic N) is 1. The number of hydrogen-bond donors (Lipinski definition) is 1. The second kappa shape index (κ2) is 5.56. The fraction of sp³-hybridized carbons (Fsp3) is 0.286. The average molecular weight is 260 g/mol. The van der Waals surface area contributed by atoms with E-state index in [4.69, 9.17) is 9.47 Å². The number of esters is 1. The molecule has 0 aliphatic rings. The number of carbonyl (C=O) groups excluding carboxylic acids is 1. The Balaban J connectivity index is 2.69. The van der Waals surface area contributed by atoms with E-state index in [0.29, 0.717) is 23.6 Å². The summed E-state index contributed by atoms with van der Waals surface area (Å²) in [6, 6.07) is 5.62. The molecule has 0 fully saturated rings. The van der Waals surface area contributed by atoms with Gasteiger partial charge in [0.1, 0.15) is 16.8 Å². The van der Waals surface area contributed by atoms with E-state index in [1.54, 1.807) is 7.05 Å². The number of para-hydroxylation sites is 1. The van der Waals surface area contributed by atoms with Gasteiger partial charge in [-0.15, -0.1) is 0 Å². The summed E-state index contributed by atoms with van der Waals surface area (Å²) in [5, 5.41) is 3.86. The third-order valence-electron chi connectivity index (χ3n) is 2.82. The standard InChI is InChI=1S/C14H16N2O3/c1-4-19-11-7-5-6-9-12(15-2)10(14(17)18-3)8-16-13(9)11/h5-8H,4H2,1-3H3,(H,15,16). The summed E-state index contributed by atoms with van der Waals surface area (Å²) in [6.07, 6.45) is 1.50. The SMILES string of the molecule is CCOc1cccc2c(NC)c(C(=O)OC)cnc12. The van der Waals surface area contributed by atoms with Crippen LogP contribution >= 0.6 is 0 Å². The first-order valence-corrected chi connectivity index (χ1v) is 6.03. The molecule has 0 saturated carbocycles. The number of ether oxygens (including phenoxy) is 2. The van der Waals surface area contributed by atoms with Crippen LogP contribution in [0.2, 0.25) is 0 Å². The van der Waals surface area contributed by atoms with Crippen LogP contribution in [0.5, 0.6) is 5.75 Å². The highest BCUT2D eigenvalue weighted by atomic mass is 16.5. The topological polar surface area (TPSA) is 60.5 Å². The van der Waals surface area contributed by atoms with Gasteiger partial charge in [-0.3, -0.25) is 4.98 Å². The van der Waals surface area contributed by atoms with E-state index >= 15 is 0 Å². The number of methoxy groups -OCH3 is 1. The van der Waals surface area contributed by atoms with Gasteiger partial charge in [-0.2, -0.15) is 0 Å². The van der Waals surface area contributed by atoms with Gasteiger partial charge in [-0.05, 0) is 13.0 Å². The summed E-state index contributed by atoms with van der Waals surface area (Å²) in [5.74, 6) is 0.286. The molecule has 0 spiro atoms. The first-order valence-electron chi connectivity index (χ1n) is 6.03. The lowest BCUT2D eigenvalue weighted by Crippen LogP contribution is -2.07. The van der Waals surface area contributed by atoms with Crippen molar-refractivity contribution in [2.24, 2.45) is 0 Å². The molecular weight excluding hydrogens is 244 g/mol. The first-order chi connectivity index (χ1) is 9.22. The number of fused-ring (bicyclic) bond motifs is 1. The predicted octanol–water partition coefficient (Wildman–Crippen LogP) is 2.46. The number of anilines is 1. The second-order valence-corrected chi connectivity index (χ2v) is 3.87. The number of nitrogens with one attached hydrogen (secondary N) is 1. The molecule has 0 aliphatic carbocycles. The molecule has 1 heterocycles. The van der Waals surface area contributed by atoms with Gasteiger partial charge in [0.05, 0.1) is 19.4 Å². The normalized spacial score (nSPS) is 10.3. The van der Waals surface area contributed by atoms with Crippen molar-refractivity contribution >= 4 is 22.6 Å². The monoisotopic (exact) mass is 260 g/mol. The molecule has 2 rings (SSSR count). The molecule has 0 bridgehead atoms. The zero-order chi connectivity index (χ0) is 13.8. The number of hydrogen-bond acceptors (Lipinski definition) is 5. The summed E-state index contributed by atoms with van der Waals surface area (Å²) < 4.78 is 10.3. The van der Waals surface area contributed by atoms with Crippen molar-refractivity contribution in [3.8, 4) is 5.75 Å². The summed E-state index contributed by atoms with van der Waals surface area (Å²) in [5.41, 5.74) is 1.82. The van der Waals surface area contributed by atoms with Crippen molar-refractivity contribution in [2.45, 2.75) is 6.92 Å². The molecule has 5 nitrogen and oxygen atoms in total. The zero-order valence-electron chi connectivity index (χ0n) is 11.2. The van der Waals surface area contributed by atoms with Gasteiger partial charge in [0, 0.05) is 18.6 Å². The van der Waals surface area contributed by atoms with Crippen molar-refractivity contribution in [2.75, 3.05) is 26.1 Å². The molecule has 5 heteroatoms. The fourth-order valence-electron chi connectivity index (χ4n) is 2.00. The van der Waals surface area contributed by atoms with E-state index in [1.807, 2.05) is 25.1 Å². The molecular formula is C14H16N2O3. The van der Waals surface area contributed by atoms with E-state index in [-0.39, 0.29) is 0 Å². The van der Waals surface area contributed by atoms with Gasteiger partial charge < -0.3 is 14.8 Å². The number of benzene rings is 1. The van der Waals surface area contributed by atoms with E-state index in [2.05, 4.69) is 10.3 Å². The molecule has 0 saturated heterocycles. The zero-order valence-corrected chi connectivity index (χ0v) is 11.2. The third kappa shape index (κ3) is 2.31. The van der Waals surface area contributed by atoms with Crippen molar-refractivity contribution in [3.63, 3.8) is 0 Å². The minimum atomic E-state index is -0.416. The van der Waals surface area contributed by atoms with E-state index in [0.717, 1.165) is 10.9 Å². The van der Waals surface area contributed by atoms with Crippen LogP contribution in [-0.2, 0) is 4.74 Å². The Labute approximate surface area is 111 Å². The summed E-state index contributed by atoms with van der Waals surface area (Å²) in [4.78, 5) is 16.0. The van der Waals surface area contributed by atoms with Crippen LogP contribution in [0.15, 0.2) is 24.4 Å². The van der Waals surface area contributed by atoms with Crippen LogP contribution in [0.25, 0.3) is 10.9 Å². The number of aromatic nitrogens is 1. The van der Waals surface area contributed by atoms with Gasteiger partial charge in [-0.1, -0.05) is 12.1 Å². The summed E-state index contributed by atoms with van der Waals surface area (Å²) in [6.45, 7) is 2.48. The lowest BCUT2D eigenvalue weighted by Gasteiger charge is -2.12. The molecule has 0 atom stereocenters. The average Bonchev–Trinajstić information content (AvgIpc) is 2.45. The highest BCUT2D eigenvalue weighted by Gasteiger charge is 2.16. The smallest absolute Gasteiger partial charge is 0.341 e.